The summed E-state index contributed by atoms with van der Waals surface area (Å²) < 4.78 is 1.82. The van der Waals surface area contributed by atoms with E-state index in [0.717, 1.165) is 114 Å². The average molecular weight is 1410 g/mol. The lowest BCUT2D eigenvalue weighted by atomic mass is 9.88. The lowest BCUT2D eigenvalue weighted by Crippen LogP contribution is -2.31. The molecule has 0 amide bonds. The topological polar surface area (TPSA) is 272 Å². The number of hydrogen-bond acceptors (Lipinski definition) is 22. The molecule has 0 unspecified atom stereocenters. The highest BCUT2D eigenvalue weighted by Crippen LogP contribution is 2.30. The smallest absolute Gasteiger partial charge is 0.224 e. The summed E-state index contributed by atoms with van der Waals surface area (Å²) in [6.07, 6.45) is 17.2. The van der Waals surface area contributed by atoms with Crippen LogP contribution in [0.4, 0.5) is 56.9 Å². The van der Waals surface area contributed by atoms with E-state index in [0.29, 0.717) is 97.5 Å². The monoisotopic (exact) mass is 1410 g/mol. The van der Waals surface area contributed by atoms with Crippen molar-refractivity contribution in [1.29, 1.82) is 0 Å². The fourth-order valence-corrected chi connectivity index (χ4v) is 11.4. The van der Waals surface area contributed by atoms with Crippen LogP contribution in [0.2, 0.25) is 0 Å². The van der Waals surface area contributed by atoms with Gasteiger partial charge in [0.15, 0.2) is 0 Å². The van der Waals surface area contributed by atoms with Crippen molar-refractivity contribution >= 4 is 130 Å². The van der Waals surface area contributed by atoms with Gasteiger partial charge in [0, 0.05) is 65.5 Å². The minimum Gasteiger partial charge on any atom is -0.397 e. The van der Waals surface area contributed by atoms with Crippen LogP contribution in [0.5, 0.6) is 0 Å². The predicted octanol–water partition coefficient (Wildman–Crippen LogP) is 16.0. The van der Waals surface area contributed by atoms with Gasteiger partial charge in [-0.2, -0.15) is 0 Å². The summed E-state index contributed by atoms with van der Waals surface area (Å²) in [4.78, 5) is 76.0. The molecule has 528 valence electrons. The molecule has 0 aliphatic rings. The first-order valence-electron chi connectivity index (χ1n) is 33.0. The van der Waals surface area contributed by atoms with Crippen molar-refractivity contribution in [3.63, 3.8) is 0 Å². The van der Waals surface area contributed by atoms with Crippen molar-refractivity contribution in [3.8, 4) is 0 Å². The summed E-state index contributed by atoms with van der Waals surface area (Å²) in [5.41, 5.74) is 42.7. The molecule has 0 aliphatic carbocycles. The van der Waals surface area contributed by atoms with Gasteiger partial charge in [0.05, 0.1) is 34.1 Å². The summed E-state index contributed by atoms with van der Waals surface area (Å²) in [5, 5.41) is 0. The van der Waals surface area contributed by atoms with Crippen molar-refractivity contribution in [2.45, 2.75) is 227 Å². The quantitative estimate of drug-likeness (QED) is 0.0243. The van der Waals surface area contributed by atoms with E-state index in [1.807, 2.05) is 47.8 Å². The van der Waals surface area contributed by atoms with Crippen molar-refractivity contribution < 1.29 is 0 Å². The lowest BCUT2D eigenvalue weighted by Gasteiger charge is -2.26. The summed E-state index contributed by atoms with van der Waals surface area (Å²) >= 11 is 29.0. The highest BCUT2D eigenvalue weighted by Gasteiger charge is 2.24. The maximum atomic E-state index is 11.5. The van der Waals surface area contributed by atoms with E-state index in [9.17, 15) is 28.8 Å². The third-order valence-corrected chi connectivity index (χ3v) is 18.7. The molecule has 0 heterocycles. The van der Waals surface area contributed by atoms with Gasteiger partial charge in [0.1, 0.15) is 49.8 Å². The molecule has 0 atom stereocenters. The van der Waals surface area contributed by atoms with Crippen molar-refractivity contribution in [1.82, 2.24) is 0 Å². The molecule has 6 aromatic rings. The van der Waals surface area contributed by atoms with Gasteiger partial charge in [-0.25, -0.2) is 0 Å². The van der Waals surface area contributed by atoms with Crippen LogP contribution in [-0.4, -0.2) is 54.4 Å². The number of hydrogen-bond donors (Lipinski definition) is 6. The Morgan fingerprint density at radius 3 is 0.723 bits per heavy atom. The zero-order valence-corrected chi connectivity index (χ0v) is 66.2. The fourth-order valence-electron chi connectivity index (χ4n) is 10.1. The molecule has 0 aliphatic heterocycles. The SMILES string of the molecule is CC(C)(C)CCCCCc1c(N)c(=S)c1=O.CC(C)(C)CCCc1c(N)c(=S)c1=O.CN(CCC(C)(C)C)c1c(N)c(=S)c1=O.CN(CCCC(C)(C)C)c1c(N)c(=S)c1=O.CN(CCCC(C)(C)C)c1c(N)c(=S)c1=O.CN(CCCCC(C)(C)C)c1c(N)c(=S)c1=O. The van der Waals surface area contributed by atoms with E-state index in [1.54, 1.807) is 0 Å². The maximum Gasteiger partial charge on any atom is 0.224 e. The zero-order valence-electron chi connectivity index (χ0n) is 61.3. The molecule has 94 heavy (non-hydrogen) atoms. The molecule has 6 rings (SSSR count). The Balaban J connectivity index is 0.000000564. The largest absolute Gasteiger partial charge is 0.397 e. The minimum atomic E-state index is -0.0843. The van der Waals surface area contributed by atoms with Crippen LogP contribution in [0.15, 0.2) is 28.8 Å². The van der Waals surface area contributed by atoms with E-state index in [-0.39, 0.29) is 51.5 Å². The minimum absolute atomic E-state index is 0.00308. The van der Waals surface area contributed by atoms with Crippen LogP contribution in [0.25, 0.3) is 0 Å². The second-order valence-electron chi connectivity index (χ2n) is 32.7. The first-order chi connectivity index (χ1) is 42.6. The fraction of sp³-hybridized carbons (Fsp3) is 0.667. The number of nitrogen functional groups attached to an aromatic ring is 6. The van der Waals surface area contributed by atoms with Gasteiger partial charge in [-0.1, -0.05) is 217 Å². The van der Waals surface area contributed by atoms with Crippen LogP contribution in [0, 0.1) is 59.6 Å². The van der Waals surface area contributed by atoms with Crippen molar-refractivity contribution in [2.24, 2.45) is 32.5 Å². The number of anilines is 10. The summed E-state index contributed by atoms with van der Waals surface area (Å²) in [6.45, 7) is 43.2. The standard InChI is InChI=1S/C13H22N2OS.C13H21NOS.2C12H20N2OS.C11H18N2OS.C11H17NOS/c1-13(2,3)7-5-6-8-15(4)10-9(14)12(17)11(10)16;1-13(2,3)8-6-4-5-7-9-10(14)12(16)11(9)15;2*1-12(2,3)6-5-7-14(4)9-8(13)11(16)10(9)15;1-11(2,3)5-6-13(4)8-7(12)10(15)9(8)14;1-11(2,3)6-4-5-7-8(12)10(14)9(7)13/h5-8,14H2,1-4H3;4-8,14H2,1-3H3;2*5-7,13H2,1-4H3;5-6,12H2,1-4H3;4-6,12H2,1-3H3. The third-order valence-electron chi connectivity index (χ3n) is 16.2. The van der Waals surface area contributed by atoms with E-state index < -0.39 is 0 Å². The maximum absolute atomic E-state index is 11.5. The summed E-state index contributed by atoms with van der Waals surface area (Å²) in [5.74, 6) is 0. The van der Waals surface area contributed by atoms with Crippen molar-refractivity contribution in [3.05, 3.63) is 99.5 Å². The molecule has 0 spiro atoms. The zero-order chi connectivity index (χ0) is 73.3. The number of rotatable bonds is 24. The van der Waals surface area contributed by atoms with Gasteiger partial charge in [-0.3, -0.25) is 28.8 Å². The predicted molar refractivity (Wildman–Crippen MR) is 424 cm³/mol. The van der Waals surface area contributed by atoms with Crippen LogP contribution in [0.1, 0.15) is 226 Å². The van der Waals surface area contributed by atoms with Crippen molar-refractivity contribution in [2.75, 3.05) is 108 Å². The van der Waals surface area contributed by atoms with E-state index in [2.05, 4.69) is 125 Å². The molecular weight excluding hydrogens is 1290 g/mol. The van der Waals surface area contributed by atoms with Crippen LogP contribution >= 0.6 is 73.3 Å². The van der Waals surface area contributed by atoms with E-state index in [4.69, 9.17) is 108 Å². The van der Waals surface area contributed by atoms with E-state index >= 15 is 0 Å². The highest BCUT2D eigenvalue weighted by molar-refractivity contribution is 7.72. The van der Waals surface area contributed by atoms with Gasteiger partial charge >= 0.3 is 0 Å². The van der Waals surface area contributed by atoms with Crippen LogP contribution < -0.4 is 86.6 Å². The number of unbranched alkanes of at least 4 members (excludes halogenated alkanes) is 3. The molecular formula is C72H118N10O6S6. The Labute approximate surface area is 593 Å². The molecule has 0 aromatic heterocycles. The first-order valence-corrected chi connectivity index (χ1v) is 35.4. The number of nitrogens with two attached hydrogens (primary N) is 6. The Bertz CT molecular complexity index is 3780. The molecule has 0 radical (unpaired) electrons. The molecule has 0 saturated carbocycles. The molecule has 16 nitrogen and oxygen atoms in total. The molecule has 0 bridgehead atoms. The van der Waals surface area contributed by atoms with Gasteiger partial charge < -0.3 is 54.0 Å². The molecule has 0 fully saturated rings. The average Bonchev–Trinajstić information content (AvgIpc) is 0.821. The van der Waals surface area contributed by atoms with Crippen LogP contribution in [0.3, 0.4) is 0 Å². The van der Waals surface area contributed by atoms with Gasteiger partial charge in [0.25, 0.3) is 0 Å². The molecule has 12 N–H and O–H groups in total. The Morgan fingerprint density at radius 1 is 0.255 bits per heavy atom. The number of nitrogens with zero attached hydrogens (tertiary/aromatic N) is 4. The van der Waals surface area contributed by atoms with Gasteiger partial charge in [-0.15, -0.1) is 0 Å². The van der Waals surface area contributed by atoms with Crippen LogP contribution in [-0.2, 0) is 12.8 Å². The second-order valence-corrected chi connectivity index (χ2v) is 35.1. The highest BCUT2D eigenvalue weighted by atomic mass is 32.1. The summed E-state index contributed by atoms with van der Waals surface area (Å²) in [6, 6.07) is 0. The Morgan fingerprint density at radius 2 is 0.468 bits per heavy atom. The summed E-state index contributed by atoms with van der Waals surface area (Å²) in [7, 11) is 7.57. The normalized spacial score (nSPS) is 12.1. The van der Waals surface area contributed by atoms with Gasteiger partial charge in [-0.05, 0) is 116 Å². The van der Waals surface area contributed by atoms with E-state index in [1.165, 1.54) is 25.7 Å². The Kier molecular flexibility index (Phi) is 33.8. The molecule has 6 aromatic carbocycles. The second kappa shape index (κ2) is 36.5. The molecule has 22 heteroatoms. The molecule has 0 saturated heterocycles. The Hall–Kier alpha value is -5.00. The third kappa shape index (κ3) is 28.2. The lowest BCUT2D eigenvalue weighted by molar-refractivity contribution is 0.358. The first kappa shape index (κ1) is 87.0. The van der Waals surface area contributed by atoms with Gasteiger partial charge in [0.2, 0.25) is 32.6 Å².